The molecule has 1 N–H and O–H groups in total. The molecule has 1 amide bonds. The number of rotatable bonds is 45. The molecule has 1 aliphatic heterocycles. The average molecular weight is 863 g/mol. The van der Waals surface area contributed by atoms with E-state index in [-0.39, 0.29) is 23.9 Å². The van der Waals surface area contributed by atoms with Crippen molar-refractivity contribution in [2.45, 2.75) is 277 Å². The van der Waals surface area contributed by atoms with Gasteiger partial charge in [-0.3, -0.25) is 14.4 Å². The number of hydrogen-bond donors (Lipinski definition) is 1. The Kier molecular flexibility index (Phi) is 38.6. The van der Waals surface area contributed by atoms with Gasteiger partial charge in [-0.15, -0.1) is 0 Å². The highest BCUT2D eigenvalue weighted by Gasteiger charge is 2.37. The van der Waals surface area contributed by atoms with E-state index >= 15 is 0 Å². The molecule has 0 aromatic rings. The summed E-state index contributed by atoms with van der Waals surface area (Å²) in [7, 11) is 0. The number of ether oxygens (including phenoxy) is 3. The lowest BCUT2D eigenvalue weighted by Gasteiger charge is -2.24. The zero-order valence-corrected chi connectivity index (χ0v) is 41.2. The van der Waals surface area contributed by atoms with E-state index in [2.05, 4.69) is 37.9 Å². The Hall–Kier alpha value is -1.67. The first-order valence-corrected chi connectivity index (χ1v) is 26.8. The third kappa shape index (κ3) is 33.5. The van der Waals surface area contributed by atoms with Crippen LogP contribution in [0.5, 0.6) is 0 Å². The van der Waals surface area contributed by atoms with Gasteiger partial charge in [0, 0.05) is 26.0 Å². The molecule has 61 heavy (non-hydrogen) atoms. The SMILES string of the molecule is CCCCCCCCC(CCCCCCCC)OC(=O)CCCCCCCN(CCCCCCCC(=O)OCCC(CCCC)CCCC)CCCNC(=O)C1(C)CCCO1. The summed E-state index contributed by atoms with van der Waals surface area (Å²) in [4.78, 5) is 40.6. The van der Waals surface area contributed by atoms with Gasteiger partial charge in [0.2, 0.25) is 0 Å². The molecular weight excluding hydrogens is 761 g/mol. The molecule has 0 spiro atoms. The molecule has 1 heterocycles. The summed E-state index contributed by atoms with van der Waals surface area (Å²) < 4.78 is 17.4. The van der Waals surface area contributed by atoms with Gasteiger partial charge in [0.05, 0.1) is 6.61 Å². The van der Waals surface area contributed by atoms with Crippen molar-refractivity contribution in [2.24, 2.45) is 5.92 Å². The van der Waals surface area contributed by atoms with E-state index in [4.69, 9.17) is 14.2 Å². The molecule has 8 heteroatoms. The van der Waals surface area contributed by atoms with Crippen molar-refractivity contribution >= 4 is 17.8 Å². The second kappa shape index (κ2) is 41.1. The predicted octanol–water partition coefficient (Wildman–Crippen LogP) is 14.4. The molecule has 8 nitrogen and oxygen atoms in total. The van der Waals surface area contributed by atoms with Crippen LogP contribution < -0.4 is 5.32 Å². The lowest BCUT2D eigenvalue weighted by Crippen LogP contribution is -2.44. The van der Waals surface area contributed by atoms with Crippen LogP contribution in [0.3, 0.4) is 0 Å². The maximum atomic E-state index is 12.9. The Morgan fingerprint density at radius 1 is 0.557 bits per heavy atom. The normalized spacial score (nSPS) is 15.3. The number of hydrogen-bond acceptors (Lipinski definition) is 7. The van der Waals surface area contributed by atoms with Gasteiger partial charge in [-0.2, -0.15) is 0 Å². The molecule has 1 atom stereocenters. The van der Waals surface area contributed by atoms with Crippen molar-refractivity contribution in [1.29, 1.82) is 0 Å². The van der Waals surface area contributed by atoms with Gasteiger partial charge in [-0.1, -0.05) is 169 Å². The van der Waals surface area contributed by atoms with Gasteiger partial charge < -0.3 is 24.4 Å². The summed E-state index contributed by atoms with van der Waals surface area (Å²) in [6.45, 7) is 16.0. The summed E-state index contributed by atoms with van der Waals surface area (Å²) in [5.74, 6) is 0.708. The van der Waals surface area contributed by atoms with E-state index in [1.807, 2.05) is 6.92 Å². The third-order valence-electron chi connectivity index (χ3n) is 13.1. The molecule has 0 bridgehead atoms. The zero-order chi connectivity index (χ0) is 44.5. The quantitative estimate of drug-likeness (QED) is 0.0481. The predicted molar refractivity (Wildman–Crippen MR) is 257 cm³/mol. The molecule has 1 saturated heterocycles. The van der Waals surface area contributed by atoms with Gasteiger partial charge in [-0.05, 0) is 110 Å². The molecular formula is C53H102N2O6. The van der Waals surface area contributed by atoms with Crippen LogP contribution in [0, 0.1) is 5.92 Å². The first-order chi connectivity index (χ1) is 29.8. The van der Waals surface area contributed by atoms with Gasteiger partial charge in [0.25, 0.3) is 5.91 Å². The van der Waals surface area contributed by atoms with Crippen molar-refractivity contribution in [3.63, 3.8) is 0 Å². The Morgan fingerprint density at radius 3 is 1.56 bits per heavy atom. The van der Waals surface area contributed by atoms with E-state index < -0.39 is 5.60 Å². The largest absolute Gasteiger partial charge is 0.466 e. The summed E-state index contributed by atoms with van der Waals surface area (Å²) in [5, 5.41) is 3.14. The van der Waals surface area contributed by atoms with Crippen LogP contribution in [-0.2, 0) is 28.6 Å². The number of esters is 2. The Labute approximate surface area is 378 Å². The fraction of sp³-hybridized carbons (Fsp3) is 0.943. The van der Waals surface area contributed by atoms with E-state index in [1.165, 1.54) is 128 Å². The minimum Gasteiger partial charge on any atom is -0.466 e. The molecule has 0 radical (unpaired) electrons. The second-order valence-electron chi connectivity index (χ2n) is 19.1. The van der Waals surface area contributed by atoms with Gasteiger partial charge >= 0.3 is 11.9 Å². The summed E-state index contributed by atoms with van der Waals surface area (Å²) in [5.41, 5.74) is -0.665. The zero-order valence-electron chi connectivity index (χ0n) is 41.2. The van der Waals surface area contributed by atoms with Gasteiger partial charge in [0.15, 0.2) is 0 Å². The fourth-order valence-corrected chi connectivity index (χ4v) is 8.90. The van der Waals surface area contributed by atoms with Crippen LogP contribution in [0.1, 0.15) is 266 Å². The van der Waals surface area contributed by atoms with E-state index in [9.17, 15) is 14.4 Å². The van der Waals surface area contributed by atoms with Crippen molar-refractivity contribution < 1.29 is 28.6 Å². The fourth-order valence-electron chi connectivity index (χ4n) is 8.90. The number of carbonyl (C=O) groups excluding carboxylic acids is 3. The minimum absolute atomic E-state index is 0.0117. The third-order valence-corrected chi connectivity index (χ3v) is 13.1. The number of unbranched alkanes of at least 4 members (excludes halogenated alkanes) is 20. The van der Waals surface area contributed by atoms with Crippen LogP contribution in [0.2, 0.25) is 0 Å². The van der Waals surface area contributed by atoms with Crippen LogP contribution in [0.25, 0.3) is 0 Å². The van der Waals surface area contributed by atoms with Crippen LogP contribution in [-0.4, -0.2) is 73.8 Å². The van der Waals surface area contributed by atoms with Crippen LogP contribution in [0.15, 0.2) is 0 Å². The standard InChI is InChI=1S/C53H102N2O6/c1-6-10-14-16-20-26-36-49(37-27-21-17-15-11-7-2)61-51(57)39-29-23-19-25-31-44-55(45-33-42-54-52(58)53(5)41-32-46-60-53)43-30-24-18-22-28-38-50(56)59-47-40-48(34-12-8-3)35-13-9-4/h48-49H,6-47H2,1-5H3,(H,54,58). The van der Waals surface area contributed by atoms with E-state index in [0.29, 0.717) is 38.5 Å². The van der Waals surface area contributed by atoms with Crippen LogP contribution >= 0.6 is 0 Å². The average Bonchev–Trinajstić information content (AvgIpc) is 3.71. The topological polar surface area (TPSA) is 94.2 Å². The Morgan fingerprint density at radius 2 is 1.03 bits per heavy atom. The molecule has 1 unspecified atom stereocenters. The number of amides is 1. The minimum atomic E-state index is -0.665. The highest BCUT2D eigenvalue weighted by molar-refractivity contribution is 5.84. The Bertz CT molecular complexity index is 993. The maximum Gasteiger partial charge on any atom is 0.306 e. The number of nitrogens with zero attached hydrogens (tertiary/aromatic N) is 1. The molecule has 1 fully saturated rings. The van der Waals surface area contributed by atoms with Gasteiger partial charge in [0.1, 0.15) is 11.7 Å². The number of nitrogens with one attached hydrogen (secondary N) is 1. The van der Waals surface area contributed by atoms with Crippen LogP contribution in [0.4, 0.5) is 0 Å². The molecule has 0 aromatic heterocycles. The molecule has 0 saturated carbocycles. The van der Waals surface area contributed by atoms with Crippen molar-refractivity contribution in [2.75, 3.05) is 39.4 Å². The second-order valence-corrected chi connectivity index (χ2v) is 19.1. The highest BCUT2D eigenvalue weighted by atomic mass is 16.5. The maximum absolute atomic E-state index is 12.9. The Balaban J connectivity index is 2.39. The molecule has 0 aromatic carbocycles. The lowest BCUT2D eigenvalue weighted by molar-refractivity contribution is -0.150. The van der Waals surface area contributed by atoms with Crippen molar-refractivity contribution in [1.82, 2.24) is 10.2 Å². The molecule has 1 rings (SSSR count). The number of carbonyl (C=O) groups is 3. The summed E-state index contributed by atoms with van der Waals surface area (Å²) in [6, 6.07) is 0. The lowest BCUT2D eigenvalue weighted by atomic mass is 9.93. The van der Waals surface area contributed by atoms with E-state index in [1.54, 1.807) is 0 Å². The monoisotopic (exact) mass is 863 g/mol. The van der Waals surface area contributed by atoms with Gasteiger partial charge in [-0.25, -0.2) is 0 Å². The first-order valence-electron chi connectivity index (χ1n) is 26.8. The summed E-state index contributed by atoms with van der Waals surface area (Å²) >= 11 is 0. The molecule has 1 aliphatic rings. The smallest absolute Gasteiger partial charge is 0.306 e. The van der Waals surface area contributed by atoms with Crippen molar-refractivity contribution in [3.05, 3.63) is 0 Å². The molecule has 0 aliphatic carbocycles. The highest BCUT2D eigenvalue weighted by Crippen LogP contribution is 2.25. The summed E-state index contributed by atoms with van der Waals surface area (Å²) in [6.07, 6.45) is 40.7. The van der Waals surface area contributed by atoms with E-state index in [0.717, 1.165) is 110 Å². The molecule has 360 valence electrons. The first kappa shape index (κ1) is 57.3. The van der Waals surface area contributed by atoms with Crippen molar-refractivity contribution in [3.8, 4) is 0 Å².